The molecule has 0 aromatic carbocycles. The quantitative estimate of drug-likeness (QED) is 0.386. The fourth-order valence-electron chi connectivity index (χ4n) is 1.38. The molecule has 0 saturated carbocycles. The van der Waals surface area contributed by atoms with E-state index in [0.717, 1.165) is 0 Å². The summed E-state index contributed by atoms with van der Waals surface area (Å²) in [4.78, 5) is 0. The largest absolute Gasteiger partial charge is 0.250 e. The van der Waals surface area contributed by atoms with Gasteiger partial charge in [0.25, 0.3) is 6.13 Å². The van der Waals surface area contributed by atoms with E-state index in [4.69, 9.17) is 11.5 Å². The Labute approximate surface area is 83.1 Å². The summed E-state index contributed by atoms with van der Waals surface area (Å²) in [6.07, 6.45) is 10.8. The molecule has 0 unspecified atom stereocenters. The molecule has 0 heterocycles. The minimum absolute atomic E-state index is 0.447. The van der Waals surface area contributed by atoms with Crippen molar-refractivity contribution in [1.29, 1.82) is 0 Å². The Kier molecular flexibility index (Phi) is 9.72. The van der Waals surface area contributed by atoms with Gasteiger partial charge in [-0.25, -0.2) is 0 Å². The van der Waals surface area contributed by atoms with Gasteiger partial charge in [-0.1, -0.05) is 65.0 Å². The zero-order valence-electron chi connectivity index (χ0n) is 8.61. The van der Waals surface area contributed by atoms with Crippen molar-refractivity contribution in [2.24, 2.45) is 0 Å². The van der Waals surface area contributed by atoms with E-state index in [1.165, 1.54) is 51.2 Å². The summed E-state index contributed by atoms with van der Waals surface area (Å²) >= 11 is 6.15. The lowest BCUT2D eigenvalue weighted by Gasteiger charge is -2.03. The second kappa shape index (κ2) is 9.44. The Morgan fingerprint density at radius 3 is 1.58 bits per heavy atom. The molecular weight excluding hydrogens is 166 g/mol. The Hall–Kier alpha value is 0.355. The van der Waals surface area contributed by atoms with Crippen LogP contribution in [-0.4, -0.2) is 6.13 Å². The summed E-state index contributed by atoms with van der Waals surface area (Å²) in [7, 11) is 0. The number of hydrogen-bond donors (Lipinski definition) is 0. The highest BCUT2D eigenvalue weighted by molar-refractivity contribution is 7.06. The predicted molar refractivity (Wildman–Crippen MR) is 60.3 cm³/mol. The third-order valence-corrected chi connectivity index (χ3v) is 2.68. The maximum absolute atomic E-state index is 6.15. The van der Waals surface area contributed by atoms with Gasteiger partial charge in [-0.3, -0.25) is 0 Å². The predicted octanol–water partition coefficient (Wildman–Crippen LogP) is 4.60. The van der Waals surface area contributed by atoms with Gasteiger partial charge < -0.3 is 0 Å². The first-order valence-corrected chi connectivity index (χ1v) is 5.89. The molecule has 0 rings (SSSR count). The van der Waals surface area contributed by atoms with Crippen LogP contribution in [0.25, 0.3) is 0 Å². The van der Waals surface area contributed by atoms with Crippen molar-refractivity contribution >= 4 is 17.6 Å². The molecule has 0 saturated heterocycles. The van der Waals surface area contributed by atoms with Crippen molar-refractivity contribution in [1.82, 2.24) is 0 Å². The summed E-state index contributed by atoms with van der Waals surface area (Å²) in [6, 6.07) is 0. The third kappa shape index (κ3) is 8.45. The smallest absolute Gasteiger partial charge is 0.196 e. The van der Waals surface area contributed by atoms with Gasteiger partial charge in [0.2, 0.25) is 0 Å². The number of halogens is 1. The maximum Gasteiger partial charge on any atom is 0.250 e. The average Bonchev–Trinajstić information content (AvgIpc) is 2.06. The van der Waals surface area contributed by atoms with Crippen molar-refractivity contribution in [2.75, 3.05) is 0 Å². The molecule has 0 aromatic heterocycles. The monoisotopic (exact) mass is 188 g/mol. The molecular formula is C10H22BCl. The van der Waals surface area contributed by atoms with E-state index in [9.17, 15) is 0 Å². The number of hydrogen-bond acceptors (Lipinski definition) is 0. The normalized spacial score (nSPS) is 10.2. The van der Waals surface area contributed by atoms with Crippen LogP contribution in [0.4, 0.5) is 0 Å². The van der Waals surface area contributed by atoms with Crippen LogP contribution in [0.1, 0.15) is 52.4 Å². The lowest BCUT2D eigenvalue weighted by molar-refractivity contribution is 0.750. The molecule has 0 aromatic rings. The maximum atomic E-state index is 6.15. The van der Waals surface area contributed by atoms with E-state index >= 15 is 0 Å². The van der Waals surface area contributed by atoms with Crippen molar-refractivity contribution in [3.8, 4) is 0 Å². The van der Waals surface area contributed by atoms with Gasteiger partial charge in [-0.05, 0) is 0 Å². The summed E-state index contributed by atoms with van der Waals surface area (Å²) in [5.41, 5.74) is 0. The molecule has 0 aliphatic heterocycles. The van der Waals surface area contributed by atoms with Gasteiger partial charge >= 0.3 is 0 Å². The van der Waals surface area contributed by atoms with Crippen LogP contribution in [0.15, 0.2) is 0 Å². The first-order chi connectivity index (χ1) is 5.81. The number of unbranched alkanes of at least 4 members (excludes halogenated alkanes) is 4. The van der Waals surface area contributed by atoms with Gasteiger partial charge in [0.1, 0.15) is 0 Å². The second-order valence-corrected chi connectivity index (χ2v) is 4.21. The van der Waals surface area contributed by atoms with Gasteiger partial charge in [0, 0.05) is 0 Å². The van der Waals surface area contributed by atoms with Gasteiger partial charge in [-0.2, -0.15) is 11.5 Å². The summed E-state index contributed by atoms with van der Waals surface area (Å²) in [5, 5.41) is 0. The van der Waals surface area contributed by atoms with E-state index in [0.29, 0.717) is 6.13 Å². The molecule has 0 radical (unpaired) electrons. The van der Waals surface area contributed by atoms with Gasteiger partial charge in [-0.15, -0.1) is 0 Å². The highest BCUT2D eigenvalue weighted by Crippen LogP contribution is 2.14. The standard InChI is InChI=1S/C10H22BCl/c1-3-5-7-9-11(12)10-8-6-4-2/h3-10H2,1-2H3. The lowest BCUT2D eigenvalue weighted by Crippen LogP contribution is -2.02. The number of rotatable bonds is 8. The van der Waals surface area contributed by atoms with Crippen LogP contribution in [-0.2, 0) is 0 Å². The Morgan fingerprint density at radius 2 is 1.25 bits per heavy atom. The molecule has 0 amide bonds. The Bertz CT molecular complexity index is 75.9. The van der Waals surface area contributed by atoms with Crippen LogP contribution < -0.4 is 0 Å². The SMILES string of the molecule is CCCCCB(Cl)CCCCC. The molecule has 0 atom stereocenters. The third-order valence-electron chi connectivity index (χ3n) is 2.24. The fourth-order valence-corrected chi connectivity index (χ4v) is 1.68. The van der Waals surface area contributed by atoms with E-state index in [2.05, 4.69) is 13.8 Å². The van der Waals surface area contributed by atoms with Crippen LogP contribution in [0.3, 0.4) is 0 Å². The Balaban J connectivity index is 3.04. The lowest BCUT2D eigenvalue weighted by atomic mass is 9.66. The van der Waals surface area contributed by atoms with Crippen LogP contribution in [0.5, 0.6) is 0 Å². The van der Waals surface area contributed by atoms with Crippen molar-refractivity contribution in [2.45, 2.75) is 65.0 Å². The van der Waals surface area contributed by atoms with Gasteiger partial charge in [0.15, 0.2) is 0 Å². The van der Waals surface area contributed by atoms with E-state index in [1.54, 1.807) is 0 Å². The van der Waals surface area contributed by atoms with E-state index in [1.807, 2.05) is 0 Å². The highest BCUT2D eigenvalue weighted by atomic mass is 35.5. The minimum Gasteiger partial charge on any atom is -0.196 e. The van der Waals surface area contributed by atoms with Crippen LogP contribution in [0, 0.1) is 0 Å². The molecule has 2 heteroatoms. The molecule has 0 aliphatic rings. The molecule has 0 spiro atoms. The van der Waals surface area contributed by atoms with E-state index in [-0.39, 0.29) is 0 Å². The zero-order valence-corrected chi connectivity index (χ0v) is 9.37. The average molecular weight is 189 g/mol. The molecule has 0 N–H and O–H groups in total. The molecule has 72 valence electrons. The first kappa shape index (κ1) is 12.4. The van der Waals surface area contributed by atoms with Crippen LogP contribution in [0.2, 0.25) is 12.6 Å². The Morgan fingerprint density at radius 1 is 0.833 bits per heavy atom. The summed E-state index contributed by atoms with van der Waals surface area (Å²) in [6.45, 7) is 4.47. The molecule has 0 aliphatic carbocycles. The van der Waals surface area contributed by atoms with Crippen LogP contribution >= 0.6 is 11.5 Å². The minimum atomic E-state index is 0.447. The molecule has 0 nitrogen and oxygen atoms in total. The van der Waals surface area contributed by atoms with E-state index < -0.39 is 0 Å². The van der Waals surface area contributed by atoms with Crippen molar-refractivity contribution in [3.63, 3.8) is 0 Å². The fraction of sp³-hybridized carbons (Fsp3) is 1.00. The summed E-state index contributed by atoms with van der Waals surface area (Å²) < 4.78 is 0. The second-order valence-electron chi connectivity index (χ2n) is 3.59. The van der Waals surface area contributed by atoms with Crippen molar-refractivity contribution in [3.05, 3.63) is 0 Å². The molecule has 0 fully saturated rings. The molecule has 12 heavy (non-hydrogen) atoms. The molecule has 0 bridgehead atoms. The zero-order chi connectivity index (χ0) is 9.23. The first-order valence-electron chi connectivity index (χ1n) is 5.45. The summed E-state index contributed by atoms with van der Waals surface area (Å²) in [5.74, 6) is 0. The highest BCUT2D eigenvalue weighted by Gasteiger charge is 2.08. The topological polar surface area (TPSA) is 0 Å². The van der Waals surface area contributed by atoms with Gasteiger partial charge in [0.05, 0.1) is 0 Å². The van der Waals surface area contributed by atoms with Crippen molar-refractivity contribution < 1.29 is 0 Å².